The van der Waals surface area contributed by atoms with Crippen molar-refractivity contribution in [2.24, 2.45) is 0 Å². The zero-order chi connectivity index (χ0) is 36.7. The van der Waals surface area contributed by atoms with E-state index in [1.165, 1.54) is 0 Å². The molecule has 1 aliphatic rings. The highest BCUT2D eigenvalue weighted by Gasteiger charge is 2.37. The average Bonchev–Trinajstić information content (AvgIpc) is 3.34. The van der Waals surface area contributed by atoms with Crippen molar-refractivity contribution in [3.63, 3.8) is 0 Å². The van der Waals surface area contributed by atoms with Gasteiger partial charge in [0.25, 0.3) is 0 Å². The Bertz CT molecular complexity index is 2950. The molecule has 0 unspecified atom stereocenters. The maximum absolute atomic E-state index is 14.4. The van der Waals surface area contributed by atoms with Crippen LogP contribution in [0.25, 0.3) is 75.8 Å². The minimum absolute atomic E-state index is 0.373. The Morgan fingerprint density at radius 1 is 0.382 bits per heavy atom. The molecule has 0 bridgehead atoms. The zero-order valence-corrected chi connectivity index (χ0v) is 30.6. The minimum Gasteiger partial charge on any atom is -0.394 e. The summed E-state index contributed by atoms with van der Waals surface area (Å²) in [6.45, 7) is 0. The molecule has 0 saturated carbocycles. The molecule has 11 rings (SSSR count). The molecule has 0 atom stereocenters. The first-order valence-corrected chi connectivity index (χ1v) is 20.1. The summed E-state index contributed by atoms with van der Waals surface area (Å²) in [5.41, 5.74) is 5.43. The number of rotatable bonds is 4. The Balaban J connectivity index is 1.23. The van der Waals surface area contributed by atoms with E-state index >= 15 is 0 Å². The van der Waals surface area contributed by atoms with Crippen molar-refractivity contribution >= 4 is 72.5 Å². The van der Waals surface area contributed by atoms with Gasteiger partial charge in [0.05, 0.1) is 0 Å². The molecule has 1 N–H and O–H groups in total. The second-order valence-electron chi connectivity index (χ2n) is 14.5. The van der Waals surface area contributed by atoms with Gasteiger partial charge in [0, 0.05) is 35.1 Å². The first kappa shape index (κ1) is 32.0. The van der Waals surface area contributed by atoms with Gasteiger partial charge in [-0.1, -0.05) is 146 Å². The summed E-state index contributed by atoms with van der Waals surface area (Å²) in [6, 6.07) is 58.9. The van der Waals surface area contributed by atoms with E-state index in [0.717, 1.165) is 98.0 Å². The zero-order valence-electron chi connectivity index (χ0n) is 29.7. The maximum Gasteiger partial charge on any atom is 0.584 e. The van der Waals surface area contributed by atoms with Crippen molar-refractivity contribution in [3.8, 4) is 22.6 Å². The number of hydrogen-bond acceptors (Lipinski definition) is 3. The number of hydrogen-bond donors (Lipinski definition) is 1. The van der Waals surface area contributed by atoms with Gasteiger partial charge in [0.2, 0.25) is 0 Å². The summed E-state index contributed by atoms with van der Waals surface area (Å²) in [7, 11) is -4.71. The van der Waals surface area contributed by atoms with E-state index in [2.05, 4.69) is 146 Å². The maximum atomic E-state index is 14.4. The molecule has 0 saturated heterocycles. The van der Waals surface area contributed by atoms with E-state index in [1.807, 2.05) is 24.3 Å². The van der Waals surface area contributed by atoms with Crippen LogP contribution in [0.3, 0.4) is 0 Å². The van der Waals surface area contributed by atoms with E-state index in [1.54, 1.807) is 0 Å². The van der Waals surface area contributed by atoms with Crippen LogP contribution < -0.4 is 9.05 Å². The molecular weight excluding hydrogens is 696 g/mol. The van der Waals surface area contributed by atoms with Crippen molar-refractivity contribution in [2.45, 2.75) is 12.8 Å². The van der Waals surface area contributed by atoms with Gasteiger partial charge >= 0.3 is 7.82 Å². The van der Waals surface area contributed by atoms with Crippen LogP contribution in [-0.4, -0.2) is 4.89 Å². The lowest BCUT2D eigenvalue weighted by Gasteiger charge is -2.20. The molecule has 0 aliphatic carbocycles. The van der Waals surface area contributed by atoms with Crippen LogP contribution in [-0.2, 0) is 17.4 Å². The predicted octanol–water partition coefficient (Wildman–Crippen LogP) is 13.3. The quantitative estimate of drug-likeness (QED) is 0.145. The molecule has 10 aromatic carbocycles. The van der Waals surface area contributed by atoms with Gasteiger partial charge in [0.1, 0.15) is 11.5 Å². The largest absolute Gasteiger partial charge is 0.584 e. The molecule has 10 aromatic rings. The molecule has 0 radical (unpaired) electrons. The standard InChI is InChI=1S/C50H33O4P/c51-55(52)53-49-37(29-45-39-19-7-1-13-31(39)25-32-14-2-8-20-40(32)45)27-35-17-5-11-23-43(35)47(49)48-44-24-12-6-18-36(44)28-38(50(48)54-55)30-46-41-21-9-3-15-33(41)26-34-16-4-10-22-42(34)46/h1-28H,29-30H2,(H,51,52). The molecule has 1 aliphatic heterocycles. The lowest BCUT2D eigenvalue weighted by Crippen LogP contribution is -2.03. The Hall–Kier alpha value is -6.45. The highest BCUT2D eigenvalue weighted by atomic mass is 31.2. The van der Waals surface area contributed by atoms with Crippen LogP contribution in [0.1, 0.15) is 22.3 Å². The fourth-order valence-electron chi connectivity index (χ4n) is 8.97. The monoisotopic (exact) mass is 728 g/mol. The van der Waals surface area contributed by atoms with Gasteiger partial charge in [-0.2, -0.15) is 0 Å². The fraction of sp³-hybridized carbons (Fsp3) is 0.0400. The summed E-state index contributed by atoms with van der Waals surface area (Å²) in [6.07, 6.45) is 0.952. The molecule has 4 nitrogen and oxygen atoms in total. The van der Waals surface area contributed by atoms with Crippen LogP contribution in [0, 0.1) is 0 Å². The molecule has 0 fully saturated rings. The van der Waals surface area contributed by atoms with E-state index in [4.69, 9.17) is 9.05 Å². The van der Waals surface area contributed by atoms with Crippen LogP contribution in [0.5, 0.6) is 11.5 Å². The summed E-state index contributed by atoms with van der Waals surface area (Å²) in [5, 5.41) is 13.0. The molecule has 1 heterocycles. The summed E-state index contributed by atoms with van der Waals surface area (Å²) in [5.74, 6) is 0.747. The summed E-state index contributed by atoms with van der Waals surface area (Å²) >= 11 is 0. The van der Waals surface area contributed by atoms with Gasteiger partial charge < -0.3 is 9.05 Å². The Morgan fingerprint density at radius 2 is 0.655 bits per heavy atom. The third-order valence-corrected chi connectivity index (χ3v) is 12.1. The second-order valence-corrected chi connectivity index (χ2v) is 15.8. The van der Waals surface area contributed by atoms with Gasteiger partial charge in [-0.05, 0) is 100 Å². The van der Waals surface area contributed by atoms with Crippen molar-refractivity contribution in [3.05, 3.63) is 192 Å². The minimum atomic E-state index is -4.71. The summed E-state index contributed by atoms with van der Waals surface area (Å²) < 4.78 is 27.1. The first-order chi connectivity index (χ1) is 27.0. The van der Waals surface area contributed by atoms with Crippen molar-refractivity contribution in [2.75, 3.05) is 0 Å². The van der Waals surface area contributed by atoms with Crippen molar-refractivity contribution < 1.29 is 18.5 Å². The molecule has 55 heavy (non-hydrogen) atoms. The predicted molar refractivity (Wildman–Crippen MR) is 226 cm³/mol. The van der Waals surface area contributed by atoms with Crippen LogP contribution >= 0.6 is 7.82 Å². The van der Waals surface area contributed by atoms with Gasteiger partial charge in [-0.25, -0.2) is 4.57 Å². The van der Waals surface area contributed by atoms with Gasteiger partial charge in [-0.3, -0.25) is 4.89 Å². The Kier molecular flexibility index (Phi) is 7.16. The Morgan fingerprint density at radius 3 is 0.982 bits per heavy atom. The lowest BCUT2D eigenvalue weighted by molar-refractivity contribution is 0.293. The summed E-state index contributed by atoms with van der Waals surface area (Å²) in [4.78, 5) is 11.8. The number of phosphoric ester groups is 1. The molecule has 5 heteroatoms. The lowest BCUT2D eigenvalue weighted by atomic mass is 9.85. The molecule has 262 valence electrons. The molecule has 0 amide bonds. The third-order valence-electron chi connectivity index (χ3n) is 11.3. The topological polar surface area (TPSA) is 55.8 Å². The van der Waals surface area contributed by atoms with Crippen LogP contribution in [0.2, 0.25) is 0 Å². The molecule has 0 spiro atoms. The highest BCUT2D eigenvalue weighted by molar-refractivity contribution is 7.48. The van der Waals surface area contributed by atoms with E-state index in [9.17, 15) is 9.46 Å². The highest BCUT2D eigenvalue weighted by Crippen LogP contribution is 2.59. The van der Waals surface area contributed by atoms with E-state index in [-0.39, 0.29) is 0 Å². The Labute approximate surface area is 317 Å². The van der Waals surface area contributed by atoms with Crippen LogP contribution in [0.4, 0.5) is 0 Å². The SMILES string of the molecule is O=P1(O)Oc2c(Cc3c4ccccc4cc4ccccc34)cc3ccccc3c2-c2c(c(Cc3c4ccccc4cc4ccccc34)cc3ccccc23)O1. The number of phosphoric acid groups is 1. The van der Waals surface area contributed by atoms with E-state index < -0.39 is 7.82 Å². The fourth-order valence-corrected chi connectivity index (χ4v) is 9.88. The van der Waals surface area contributed by atoms with E-state index in [0.29, 0.717) is 24.3 Å². The smallest absolute Gasteiger partial charge is 0.394 e. The van der Waals surface area contributed by atoms with Gasteiger partial charge in [-0.15, -0.1) is 0 Å². The third kappa shape index (κ3) is 5.21. The number of benzene rings is 10. The van der Waals surface area contributed by atoms with Gasteiger partial charge in [0.15, 0.2) is 0 Å². The molecule has 0 aromatic heterocycles. The normalized spacial score (nSPS) is 13.5. The number of fused-ring (bicyclic) bond motifs is 11. The van der Waals surface area contributed by atoms with Crippen molar-refractivity contribution in [1.82, 2.24) is 0 Å². The molecular formula is C50H33O4P. The van der Waals surface area contributed by atoms with Crippen LogP contribution in [0.15, 0.2) is 170 Å². The first-order valence-electron chi connectivity index (χ1n) is 18.6. The average molecular weight is 729 g/mol. The second kappa shape index (κ2) is 12.3. The van der Waals surface area contributed by atoms with Crippen molar-refractivity contribution in [1.29, 1.82) is 0 Å².